The fourth-order valence-corrected chi connectivity index (χ4v) is 0.786. The molecule has 0 aliphatic carbocycles. The van der Waals surface area contributed by atoms with E-state index in [1.165, 1.54) is 6.92 Å². The Balaban J connectivity index is 2.96. The smallest absolute Gasteiger partial charge is 0.139 e. The van der Waals surface area contributed by atoms with Crippen LogP contribution in [0.25, 0.3) is 0 Å². The van der Waals surface area contributed by atoms with Gasteiger partial charge < -0.3 is 0 Å². The maximum atomic E-state index is 12.6. The molecule has 0 N–H and O–H groups in total. The number of alkyl halides is 1. The minimum absolute atomic E-state index is 0.514. The molecule has 0 amide bonds. The van der Waals surface area contributed by atoms with E-state index < -0.39 is 6.17 Å². The van der Waals surface area contributed by atoms with Gasteiger partial charge in [0, 0.05) is 5.69 Å². The zero-order valence-corrected chi connectivity index (χ0v) is 6.13. The summed E-state index contributed by atoms with van der Waals surface area (Å²) in [5.41, 5.74) is 1.38. The van der Waals surface area contributed by atoms with Crippen molar-refractivity contribution in [1.29, 1.82) is 0 Å². The van der Waals surface area contributed by atoms with Crippen LogP contribution in [0.15, 0.2) is 18.2 Å². The molecule has 0 fully saturated rings. The highest BCUT2D eigenvalue weighted by atomic mass is 19.1. The molecule has 2 heteroatoms. The van der Waals surface area contributed by atoms with Crippen LogP contribution in [0, 0.1) is 6.92 Å². The molecule has 1 unspecified atom stereocenters. The van der Waals surface area contributed by atoms with Crippen LogP contribution in [-0.4, -0.2) is 4.98 Å². The Morgan fingerprint density at radius 2 is 2.20 bits per heavy atom. The summed E-state index contributed by atoms with van der Waals surface area (Å²) in [6.45, 7) is 3.34. The van der Waals surface area contributed by atoms with Crippen LogP contribution in [0.4, 0.5) is 4.39 Å². The molecule has 0 saturated heterocycles. The van der Waals surface area contributed by atoms with Gasteiger partial charge in [0.1, 0.15) is 6.17 Å². The van der Waals surface area contributed by atoms with Gasteiger partial charge in [-0.05, 0) is 26.0 Å². The molecule has 1 nitrogen and oxygen atoms in total. The molecule has 0 spiro atoms. The first-order chi connectivity index (χ1) is 4.70. The highest BCUT2D eigenvalue weighted by Gasteiger charge is 2.02. The second-order valence-corrected chi connectivity index (χ2v) is 2.32. The molecule has 1 aromatic heterocycles. The van der Waals surface area contributed by atoms with Crippen LogP contribution in [0.2, 0.25) is 0 Å². The van der Waals surface area contributed by atoms with Gasteiger partial charge >= 0.3 is 0 Å². The lowest BCUT2D eigenvalue weighted by molar-refractivity contribution is 0.365. The third-order valence-electron chi connectivity index (χ3n) is 1.32. The highest BCUT2D eigenvalue weighted by molar-refractivity contribution is 5.11. The van der Waals surface area contributed by atoms with Crippen molar-refractivity contribution in [1.82, 2.24) is 4.98 Å². The van der Waals surface area contributed by atoms with E-state index in [1.54, 1.807) is 6.07 Å². The molecule has 0 saturated carbocycles. The third-order valence-corrected chi connectivity index (χ3v) is 1.32. The Hall–Kier alpha value is -0.920. The second kappa shape index (κ2) is 2.78. The van der Waals surface area contributed by atoms with Crippen molar-refractivity contribution >= 4 is 0 Å². The van der Waals surface area contributed by atoms with Crippen LogP contribution in [0.1, 0.15) is 24.5 Å². The normalized spacial score (nSPS) is 13.1. The minimum Gasteiger partial charge on any atom is -0.255 e. The lowest BCUT2D eigenvalue weighted by Gasteiger charge is -2.00. The molecule has 1 aromatic rings. The largest absolute Gasteiger partial charge is 0.255 e. The maximum Gasteiger partial charge on any atom is 0.139 e. The van der Waals surface area contributed by atoms with Gasteiger partial charge in [0.15, 0.2) is 0 Å². The first kappa shape index (κ1) is 7.19. The van der Waals surface area contributed by atoms with E-state index in [0.29, 0.717) is 5.69 Å². The Bertz CT molecular complexity index is 220. The zero-order chi connectivity index (χ0) is 7.56. The van der Waals surface area contributed by atoms with Crippen LogP contribution >= 0.6 is 0 Å². The summed E-state index contributed by atoms with van der Waals surface area (Å²) in [6.07, 6.45) is -0.958. The van der Waals surface area contributed by atoms with Gasteiger partial charge in [0.2, 0.25) is 0 Å². The fraction of sp³-hybridized carbons (Fsp3) is 0.375. The lowest BCUT2D eigenvalue weighted by Crippen LogP contribution is -1.91. The van der Waals surface area contributed by atoms with E-state index in [0.717, 1.165) is 5.69 Å². The van der Waals surface area contributed by atoms with Gasteiger partial charge in [0.05, 0.1) is 5.69 Å². The van der Waals surface area contributed by atoms with Gasteiger partial charge in [-0.3, -0.25) is 4.98 Å². The predicted molar refractivity (Wildman–Crippen MR) is 38.5 cm³/mol. The number of hydrogen-bond donors (Lipinski definition) is 0. The van der Waals surface area contributed by atoms with E-state index in [2.05, 4.69) is 4.98 Å². The quantitative estimate of drug-likeness (QED) is 0.582. The minimum atomic E-state index is -0.958. The van der Waals surface area contributed by atoms with E-state index in [-0.39, 0.29) is 0 Å². The molecule has 1 atom stereocenters. The summed E-state index contributed by atoms with van der Waals surface area (Å²) >= 11 is 0. The highest BCUT2D eigenvalue weighted by Crippen LogP contribution is 2.12. The van der Waals surface area contributed by atoms with Crippen molar-refractivity contribution in [3.05, 3.63) is 29.6 Å². The molecule has 0 aromatic carbocycles. The van der Waals surface area contributed by atoms with Crippen molar-refractivity contribution in [3.63, 3.8) is 0 Å². The van der Waals surface area contributed by atoms with E-state index in [9.17, 15) is 4.39 Å². The molecular formula is C8H10FN. The van der Waals surface area contributed by atoms with E-state index >= 15 is 0 Å². The monoisotopic (exact) mass is 139 g/mol. The van der Waals surface area contributed by atoms with Crippen molar-refractivity contribution in [2.24, 2.45) is 0 Å². The van der Waals surface area contributed by atoms with Crippen LogP contribution < -0.4 is 0 Å². The SMILES string of the molecule is Cc1cccc(C(C)F)n1. The number of nitrogens with zero attached hydrogens (tertiary/aromatic N) is 1. The van der Waals surface area contributed by atoms with Crippen molar-refractivity contribution in [3.8, 4) is 0 Å². The molecular weight excluding hydrogens is 129 g/mol. The number of aryl methyl sites for hydroxylation is 1. The molecule has 0 radical (unpaired) electrons. The van der Waals surface area contributed by atoms with Gasteiger partial charge in [-0.1, -0.05) is 6.07 Å². The maximum absolute atomic E-state index is 12.6. The van der Waals surface area contributed by atoms with Gasteiger partial charge in [0.25, 0.3) is 0 Å². The predicted octanol–water partition coefficient (Wildman–Crippen LogP) is 2.42. The molecule has 1 heterocycles. The fourth-order valence-electron chi connectivity index (χ4n) is 0.786. The topological polar surface area (TPSA) is 12.9 Å². The Morgan fingerprint density at radius 3 is 2.60 bits per heavy atom. The third kappa shape index (κ3) is 1.53. The summed E-state index contributed by atoms with van der Waals surface area (Å²) in [5.74, 6) is 0. The zero-order valence-electron chi connectivity index (χ0n) is 6.13. The Kier molecular flexibility index (Phi) is 2.00. The molecule has 0 aliphatic heterocycles. The average molecular weight is 139 g/mol. The second-order valence-electron chi connectivity index (χ2n) is 2.32. The number of halogens is 1. The first-order valence-electron chi connectivity index (χ1n) is 3.28. The van der Waals surface area contributed by atoms with Crippen molar-refractivity contribution in [2.75, 3.05) is 0 Å². The average Bonchev–Trinajstić information content (AvgIpc) is 1.88. The molecule has 0 bridgehead atoms. The molecule has 0 aliphatic rings. The van der Waals surface area contributed by atoms with Gasteiger partial charge in [-0.25, -0.2) is 4.39 Å². The van der Waals surface area contributed by atoms with Crippen LogP contribution in [0.5, 0.6) is 0 Å². The molecule has 10 heavy (non-hydrogen) atoms. The first-order valence-corrected chi connectivity index (χ1v) is 3.28. The Morgan fingerprint density at radius 1 is 1.50 bits per heavy atom. The summed E-state index contributed by atoms with van der Waals surface area (Å²) in [5, 5.41) is 0. The Labute approximate surface area is 59.9 Å². The van der Waals surface area contributed by atoms with Crippen LogP contribution in [0.3, 0.4) is 0 Å². The van der Waals surface area contributed by atoms with Crippen molar-refractivity contribution < 1.29 is 4.39 Å². The van der Waals surface area contributed by atoms with E-state index in [1.807, 2.05) is 19.1 Å². The summed E-state index contributed by atoms with van der Waals surface area (Å²) < 4.78 is 12.6. The number of aromatic nitrogens is 1. The van der Waals surface area contributed by atoms with Crippen molar-refractivity contribution in [2.45, 2.75) is 20.0 Å². The standard InChI is InChI=1S/C8H10FN/c1-6-4-3-5-8(10-6)7(2)9/h3-5,7H,1-2H3. The van der Waals surface area contributed by atoms with Gasteiger partial charge in [-0.15, -0.1) is 0 Å². The number of pyridine rings is 1. The summed E-state index contributed by atoms with van der Waals surface area (Å²) in [6, 6.07) is 5.36. The molecule has 54 valence electrons. The summed E-state index contributed by atoms with van der Waals surface area (Å²) in [4.78, 5) is 4.00. The number of rotatable bonds is 1. The van der Waals surface area contributed by atoms with E-state index in [4.69, 9.17) is 0 Å². The lowest BCUT2D eigenvalue weighted by atomic mass is 10.2. The number of hydrogen-bond acceptors (Lipinski definition) is 1. The molecule has 1 rings (SSSR count). The van der Waals surface area contributed by atoms with Gasteiger partial charge in [-0.2, -0.15) is 0 Å². The van der Waals surface area contributed by atoms with Crippen LogP contribution in [-0.2, 0) is 0 Å². The summed E-state index contributed by atoms with van der Waals surface area (Å²) in [7, 11) is 0.